The molecular formula is C22H16N2O3. The summed E-state index contributed by atoms with van der Waals surface area (Å²) < 4.78 is 5.44. The van der Waals surface area contributed by atoms with Crippen molar-refractivity contribution in [3.05, 3.63) is 101 Å². The van der Waals surface area contributed by atoms with Gasteiger partial charge in [0.25, 0.3) is 5.91 Å². The van der Waals surface area contributed by atoms with Crippen LogP contribution < -0.4 is 10.9 Å². The molecule has 5 heteroatoms. The molecule has 0 fully saturated rings. The predicted molar refractivity (Wildman–Crippen MR) is 103 cm³/mol. The maximum atomic E-state index is 12.8. The summed E-state index contributed by atoms with van der Waals surface area (Å²) in [6, 6.07) is 20.2. The number of hydrogen-bond acceptors (Lipinski definition) is 4. The van der Waals surface area contributed by atoms with Crippen LogP contribution in [0, 0.1) is 0 Å². The minimum atomic E-state index is -0.531. The molecule has 2 aromatic carbocycles. The van der Waals surface area contributed by atoms with Crippen molar-refractivity contribution in [2.45, 2.75) is 6.54 Å². The average Bonchev–Trinajstić information content (AvgIpc) is 2.73. The SMILES string of the molecule is O=C(NCc1cccnc1)c1oc(=O)c2ccccc2c1-c1ccccc1. The molecule has 4 aromatic rings. The maximum Gasteiger partial charge on any atom is 0.344 e. The fourth-order valence-corrected chi connectivity index (χ4v) is 3.02. The van der Waals surface area contributed by atoms with Crippen molar-refractivity contribution in [3.63, 3.8) is 0 Å². The van der Waals surface area contributed by atoms with Gasteiger partial charge in [-0.3, -0.25) is 9.78 Å². The lowest BCUT2D eigenvalue weighted by Crippen LogP contribution is -2.25. The number of aromatic nitrogens is 1. The Morgan fingerprint density at radius 1 is 0.926 bits per heavy atom. The second-order valence-corrected chi connectivity index (χ2v) is 6.05. The van der Waals surface area contributed by atoms with Gasteiger partial charge < -0.3 is 9.73 Å². The van der Waals surface area contributed by atoms with E-state index in [0.717, 1.165) is 11.1 Å². The molecule has 0 aliphatic heterocycles. The van der Waals surface area contributed by atoms with Gasteiger partial charge in [0.15, 0.2) is 0 Å². The number of pyridine rings is 1. The van der Waals surface area contributed by atoms with E-state index in [-0.39, 0.29) is 12.3 Å². The summed E-state index contributed by atoms with van der Waals surface area (Å²) in [4.78, 5) is 29.3. The van der Waals surface area contributed by atoms with Crippen molar-refractivity contribution in [1.29, 1.82) is 0 Å². The Kier molecular flexibility index (Phi) is 4.49. The first-order valence-corrected chi connectivity index (χ1v) is 8.52. The summed E-state index contributed by atoms with van der Waals surface area (Å²) in [7, 11) is 0. The monoisotopic (exact) mass is 356 g/mol. The second-order valence-electron chi connectivity index (χ2n) is 6.05. The first kappa shape index (κ1) is 16.7. The summed E-state index contributed by atoms with van der Waals surface area (Å²) in [6.07, 6.45) is 3.34. The van der Waals surface area contributed by atoms with Gasteiger partial charge in [0, 0.05) is 29.9 Å². The van der Waals surface area contributed by atoms with Gasteiger partial charge in [0.1, 0.15) is 0 Å². The molecule has 0 radical (unpaired) electrons. The molecule has 1 amide bonds. The number of nitrogens with one attached hydrogen (secondary N) is 1. The number of carbonyl (C=O) groups excluding carboxylic acids is 1. The summed E-state index contributed by atoms with van der Waals surface area (Å²) in [5.41, 5.74) is 1.74. The third kappa shape index (κ3) is 3.35. The molecule has 0 aliphatic rings. The molecular weight excluding hydrogens is 340 g/mol. The van der Waals surface area contributed by atoms with Gasteiger partial charge in [-0.2, -0.15) is 0 Å². The van der Waals surface area contributed by atoms with Crippen LogP contribution in [-0.2, 0) is 6.54 Å². The van der Waals surface area contributed by atoms with E-state index in [1.54, 1.807) is 30.6 Å². The van der Waals surface area contributed by atoms with Crippen molar-refractivity contribution in [3.8, 4) is 11.1 Å². The molecule has 0 atom stereocenters. The lowest BCUT2D eigenvalue weighted by molar-refractivity contribution is 0.0920. The van der Waals surface area contributed by atoms with Gasteiger partial charge in [0.05, 0.1) is 5.39 Å². The highest BCUT2D eigenvalue weighted by molar-refractivity contribution is 6.07. The summed E-state index contributed by atoms with van der Waals surface area (Å²) in [5.74, 6) is -0.436. The van der Waals surface area contributed by atoms with E-state index >= 15 is 0 Å². The fraction of sp³-hybridized carbons (Fsp3) is 0.0455. The van der Waals surface area contributed by atoms with Crippen LogP contribution in [0.4, 0.5) is 0 Å². The minimum absolute atomic E-state index is 0.00814. The molecule has 5 nitrogen and oxygen atoms in total. The zero-order valence-corrected chi connectivity index (χ0v) is 14.4. The highest BCUT2D eigenvalue weighted by Gasteiger charge is 2.21. The zero-order chi connectivity index (χ0) is 18.6. The van der Waals surface area contributed by atoms with Crippen LogP contribution in [0.15, 0.2) is 88.3 Å². The Bertz CT molecular complexity index is 1150. The molecule has 4 rings (SSSR count). The summed E-state index contributed by atoms with van der Waals surface area (Å²) in [5, 5.41) is 3.94. The highest BCUT2D eigenvalue weighted by Crippen LogP contribution is 2.30. The van der Waals surface area contributed by atoms with E-state index in [4.69, 9.17) is 4.42 Å². The van der Waals surface area contributed by atoms with Crippen LogP contribution in [0.5, 0.6) is 0 Å². The molecule has 0 spiro atoms. The molecule has 2 heterocycles. The third-order valence-electron chi connectivity index (χ3n) is 4.28. The Morgan fingerprint density at radius 2 is 1.67 bits per heavy atom. The van der Waals surface area contributed by atoms with Crippen molar-refractivity contribution in [1.82, 2.24) is 10.3 Å². The standard InChI is InChI=1S/C22H16N2O3/c25-21(24-14-15-7-6-12-23-13-15)20-19(16-8-2-1-3-9-16)17-10-4-5-11-18(17)22(26)27-20/h1-13H,14H2,(H,24,25). The normalized spacial score (nSPS) is 10.7. The van der Waals surface area contributed by atoms with E-state index in [1.165, 1.54) is 0 Å². The quantitative estimate of drug-likeness (QED) is 0.604. The molecule has 0 aliphatic carbocycles. The Labute approximate surface area is 155 Å². The Hall–Kier alpha value is -3.73. The minimum Gasteiger partial charge on any atom is -0.416 e. The van der Waals surface area contributed by atoms with Gasteiger partial charge in [-0.1, -0.05) is 54.6 Å². The maximum absolute atomic E-state index is 12.8. The van der Waals surface area contributed by atoms with E-state index in [1.807, 2.05) is 48.5 Å². The first-order valence-electron chi connectivity index (χ1n) is 8.52. The molecule has 0 saturated heterocycles. The molecule has 0 bridgehead atoms. The zero-order valence-electron chi connectivity index (χ0n) is 14.4. The summed E-state index contributed by atoms with van der Waals surface area (Å²) in [6.45, 7) is 0.289. The van der Waals surface area contributed by atoms with Gasteiger partial charge >= 0.3 is 5.63 Å². The summed E-state index contributed by atoms with van der Waals surface area (Å²) >= 11 is 0. The number of hydrogen-bond donors (Lipinski definition) is 1. The van der Waals surface area contributed by atoms with E-state index in [2.05, 4.69) is 10.3 Å². The van der Waals surface area contributed by atoms with E-state index in [9.17, 15) is 9.59 Å². The Balaban J connectivity index is 1.82. The fourth-order valence-electron chi connectivity index (χ4n) is 3.02. The number of amides is 1. The largest absolute Gasteiger partial charge is 0.416 e. The second kappa shape index (κ2) is 7.25. The number of fused-ring (bicyclic) bond motifs is 1. The van der Waals surface area contributed by atoms with Crippen LogP contribution in [0.1, 0.15) is 16.1 Å². The number of rotatable bonds is 4. The van der Waals surface area contributed by atoms with Gasteiger partial charge in [0.2, 0.25) is 5.76 Å². The molecule has 1 N–H and O–H groups in total. The number of carbonyl (C=O) groups is 1. The van der Waals surface area contributed by atoms with Crippen molar-refractivity contribution in [2.75, 3.05) is 0 Å². The molecule has 132 valence electrons. The number of nitrogens with zero attached hydrogens (tertiary/aromatic N) is 1. The predicted octanol–water partition coefficient (Wildman–Crippen LogP) is 3.79. The van der Waals surface area contributed by atoms with Gasteiger partial charge in [-0.15, -0.1) is 0 Å². The van der Waals surface area contributed by atoms with Crippen LogP contribution in [0.3, 0.4) is 0 Å². The van der Waals surface area contributed by atoms with Gasteiger partial charge in [-0.25, -0.2) is 4.79 Å². The molecule has 0 saturated carbocycles. The van der Waals surface area contributed by atoms with Crippen LogP contribution >= 0.6 is 0 Å². The van der Waals surface area contributed by atoms with Crippen LogP contribution in [-0.4, -0.2) is 10.9 Å². The molecule has 2 aromatic heterocycles. The third-order valence-corrected chi connectivity index (χ3v) is 4.28. The highest BCUT2D eigenvalue weighted by atomic mass is 16.4. The lowest BCUT2D eigenvalue weighted by atomic mass is 9.98. The van der Waals surface area contributed by atoms with E-state index < -0.39 is 11.5 Å². The van der Waals surface area contributed by atoms with E-state index in [0.29, 0.717) is 16.3 Å². The smallest absolute Gasteiger partial charge is 0.344 e. The number of benzene rings is 2. The first-order chi connectivity index (χ1) is 13.2. The topological polar surface area (TPSA) is 72.2 Å². The average molecular weight is 356 g/mol. The van der Waals surface area contributed by atoms with Crippen molar-refractivity contribution < 1.29 is 9.21 Å². The lowest BCUT2D eigenvalue weighted by Gasteiger charge is -2.12. The van der Waals surface area contributed by atoms with Crippen LogP contribution in [0.2, 0.25) is 0 Å². The van der Waals surface area contributed by atoms with Gasteiger partial charge in [-0.05, 0) is 23.3 Å². The Morgan fingerprint density at radius 3 is 2.41 bits per heavy atom. The molecule has 0 unspecified atom stereocenters. The van der Waals surface area contributed by atoms with Crippen molar-refractivity contribution >= 4 is 16.7 Å². The molecule has 27 heavy (non-hydrogen) atoms. The van der Waals surface area contributed by atoms with Crippen LogP contribution in [0.25, 0.3) is 21.9 Å². The van der Waals surface area contributed by atoms with Crippen molar-refractivity contribution in [2.24, 2.45) is 0 Å².